The number of likely N-dealkylation sites (N-methyl/N-ethyl adjacent to an activating group) is 1. The fourth-order valence-electron chi connectivity index (χ4n) is 4.82. The monoisotopic (exact) mass is 603 g/mol. The SMILES string of the molecule is CCc1ccccc1N(CC(=O)N(Cc1ccccc1Cl)[C@@H](Cc1ccccc1)C(=O)NC)S(=O)(=O)c1ccccc1. The molecule has 0 aliphatic rings. The predicted octanol–water partition coefficient (Wildman–Crippen LogP) is 5.48. The smallest absolute Gasteiger partial charge is 0.264 e. The van der Waals surface area contributed by atoms with Crippen LogP contribution in [0.2, 0.25) is 5.02 Å². The number of nitrogens with one attached hydrogen (secondary N) is 1. The van der Waals surface area contributed by atoms with Crippen LogP contribution in [0.15, 0.2) is 114 Å². The Bertz CT molecular complexity index is 1610. The number of nitrogens with zero attached hydrogens (tertiary/aromatic N) is 2. The minimum Gasteiger partial charge on any atom is -0.357 e. The third-order valence-electron chi connectivity index (χ3n) is 7.07. The molecule has 0 unspecified atom stereocenters. The van der Waals surface area contributed by atoms with Gasteiger partial charge >= 0.3 is 0 Å². The van der Waals surface area contributed by atoms with Crippen LogP contribution in [0, 0.1) is 0 Å². The largest absolute Gasteiger partial charge is 0.357 e. The summed E-state index contributed by atoms with van der Waals surface area (Å²) >= 11 is 6.50. The molecule has 0 spiro atoms. The second-order valence-corrected chi connectivity index (χ2v) is 12.0. The third-order valence-corrected chi connectivity index (χ3v) is 9.21. The second-order valence-electron chi connectivity index (χ2n) is 9.74. The topological polar surface area (TPSA) is 86.8 Å². The van der Waals surface area contributed by atoms with Crippen LogP contribution in [0.5, 0.6) is 0 Å². The lowest BCUT2D eigenvalue weighted by Crippen LogP contribution is -2.53. The number of sulfonamides is 1. The highest BCUT2D eigenvalue weighted by atomic mass is 35.5. The Morgan fingerprint density at radius 3 is 2.00 bits per heavy atom. The first kappa shape index (κ1) is 30.8. The lowest BCUT2D eigenvalue weighted by molar-refractivity contribution is -0.139. The van der Waals surface area contributed by atoms with Gasteiger partial charge in [0.15, 0.2) is 0 Å². The molecule has 0 aliphatic carbocycles. The van der Waals surface area contributed by atoms with Crippen molar-refractivity contribution in [1.29, 1.82) is 0 Å². The van der Waals surface area contributed by atoms with E-state index in [4.69, 9.17) is 11.6 Å². The van der Waals surface area contributed by atoms with Gasteiger partial charge in [-0.2, -0.15) is 0 Å². The van der Waals surface area contributed by atoms with Crippen molar-refractivity contribution in [3.63, 3.8) is 0 Å². The molecule has 0 saturated heterocycles. The van der Waals surface area contributed by atoms with E-state index in [2.05, 4.69) is 5.32 Å². The van der Waals surface area contributed by atoms with E-state index < -0.39 is 28.5 Å². The van der Waals surface area contributed by atoms with Gasteiger partial charge in [0.25, 0.3) is 10.0 Å². The van der Waals surface area contributed by atoms with Crippen molar-refractivity contribution >= 4 is 39.1 Å². The van der Waals surface area contributed by atoms with Crippen LogP contribution < -0.4 is 9.62 Å². The molecule has 0 saturated carbocycles. The van der Waals surface area contributed by atoms with Crippen LogP contribution in [-0.2, 0) is 39.0 Å². The Balaban J connectivity index is 1.82. The molecular formula is C33H34ClN3O4S. The molecule has 0 heterocycles. The molecule has 4 aromatic rings. The van der Waals surface area contributed by atoms with Crippen molar-refractivity contribution in [2.45, 2.75) is 37.2 Å². The van der Waals surface area contributed by atoms with E-state index >= 15 is 0 Å². The highest BCUT2D eigenvalue weighted by molar-refractivity contribution is 7.92. The normalized spacial score (nSPS) is 11.9. The van der Waals surface area contributed by atoms with Crippen molar-refractivity contribution in [2.24, 2.45) is 0 Å². The van der Waals surface area contributed by atoms with Crippen LogP contribution in [0.1, 0.15) is 23.6 Å². The summed E-state index contributed by atoms with van der Waals surface area (Å²) in [6.07, 6.45) is 0.789. The molecule has 1 atom stereocenters. The molecule has 0 aromatic heterocycles. The average molecular weight is 604 g/mol. The maximum atomic E-state index is 14.4. The first-order chi connectivity index (χ1) is 20.3. The zero-order valence-corrected chi connectivity index (χ0v) is 25.2. The lowest BCUT2D eigenvalue weighted by Gasteiger charge is -2.34. The number of halogens is 1. The lowest BCUT2D eigenvalue weighted by atomic mass is 10.0. The van der Waals surface area contributed by atoms with E-state index in [1.165, 1.54) is 24.1 Å². The Labute approximate surface area is 252 Å². The average Bonchev–Trinajstić information content (AvgIpc) is 3.02. The second kappa shape index (κ2) is 14.2. The zero-order chi connectivity index (χ0) is 30.1. The molecule has 0 aliphatic heterocycles. The van der Waals surface area contributed by atoms with Gasteiger partial charge in [-0.15, -0.1) is 0 Å². The number of amides is 2. The van der Waals surface area contributed by atoms with Crippen LogP contribution in [0.3, 0.4) is 0 Å². The maximum absolute atomic E-state index is 14.4. The predicted molar refractivity (Wildman–Crippen MR) is 167 cm³/mol. The van der Waals surface area contributed by atoms with Gasteiger partial charge in [-0.05, 0) is 47.4 Å². The van der Waals surface area contributed by atoms with E-state index in [1.54, 1.807) is 54.6 Å². The van der Waals surface area contributed by atoms with E-state index in [0.717, 1.165) is 15.4 Å². The Hall–Kier alpha value is -4.14. The standard InChI is InChI=1S/C33H34ClN3O4S/c1-3-26-16-11-13-21-30(26)37(42(40,41)28-18-8-5-9-19-28)24-32(38)36(23-27-17-10-12-20-29(27)34)31(33(39)35-2)22-25-14-6-4-7-15-25/h4-21,31H,3,22-24H2,1-2H3,(H,35,39)/t31-/m0/s1. The van der Waals surface area contributed by atoms with Gasteiger partial charge in [0.2, 0.25) is 11.8 Å². The number of benzene rings is 4. The number of aryl methyl sites for hydroxylation is 1. The summed E-state index contributed by atoms with van der Waals surface area (Å²) in [4.78, 5) is 29.2. The Kier molecular flexibility index (Phi) is 10.4. The van der Waals surface area contributed by atoms with E-state index in [9.17, 15) is 18.0 Å². The molecule has 1 N–H and O–H groups in total. The van der Waals surface area contributed by atoms with E-state index in [-0.39, 0.29) is 23.8 Å². The van der Waals surface area contributed by atoms with Gasteiger partial charge in [0, 0.05) is 25.0 Å². The van der Waals surface area contributed by atoms with Crippen molar-refractivity contribution < 1.29 is 18.0 Å². The molecule has 2 amide bonds. The van der Waals surface area contributed by atoms with Gasteiger partial charge in [0.1, 0.15) is 12.6 Å². The summed E-state index contributed by atoms with van der Waals surface area (Å²) in [5.74, 6) is -0.907. The summed E-state index contributed by atoms with van der Waals surface area (Å²) in [5.41, 5.74) is 2.68. The molecular weight excluding hydrogens is 570 g/mol. The number of carbonyl (C=O) groups is 2. The first-order valence-corrected chi connectivity index (χ1v) is 15.5. The van der Waals surface area contributed by atoms with Crippen LogP contribution in [0.25, 0.3) is 0 Å². The fourth-order valence-corrected chi connectivity index (χ4v) is 6.49. The van der Waals surface area contributed by atoms with Crippen molar-refractivity contribution in [2.75, 3.05) is 17.9 Å². The van der Waals surface area contributed by atoms with Crippen LogP contribution >= 0.6 is 11.6 Å². The number of hydrogen-bond acceptors (Lipinski definition) is 4. The highest BCUT2D eigenvalue weighted by Crippen LogP contribution is 2.29. The molecule has 0 bridgehead atoms. The van der Waals surface area contributed by atoms with Gasteiger partial charge < -0.3 is 10.2 Å². The van der Waals surface area contributed by atoms with Crippen LogP contribution in [-0.4, -0.2) is 44.8 Å². The highest BCUT2D eigenvalue weighted by Gasteiger charge is 2.35. The maximum Gasteiger partial charge on any atom is 0.264 e. The summed E-state index contributed by atoms with van der Waals surface area (Å²) in [6.45, 7) is 1.43. The number of anilines is 1. The minimum atomic E-state index is -4.15. The summed E-state index contributed by atoms with van der Waals surface area (Å²) in [7, 11) is -2.63. The molecule has 7 nitrogen and oxygen atoms in total. The van der Waals surface area contributed by atoms with Crippen molar-refractivity contribution in [3.05, 3.63) is 131 Å². The third kappa shape index (κ3) is 7.19. The molecule has 9 heteroatoms. The molecule has 4 rings (SSSR count). The summed E-state index contributed by atoms with van der Waals surface area (Å²) in [5, 5.41) is 3.12. The number of para-hydroxylation sites is 1. The fraction of sp³-hybridized carbons (Fsp3) is 0.212. The van der Waals surface area contributed by atoms with E-state index in [1.807, 2.05) is 49.4 Å². The Morgan fingerprint density at radius 1 is 0.810 bits per heavy atom. The summed E-state index contributed by atoms with van der Waals surface area (Å²) < 4.78 is 29.3. The number of rotatable bonds is 12. The Morgan fingerprint density at radius 2 is 1.38 bits per heavy atom. The van der Waals surface area contributed by atoms with Crippen LogP contribution in [0.4, 0.5) is 5.69 Å². The molecule has 0 radical (unpaired) electrons. The summed E-state index contributed by atoms with van der Waals surface area (Å²) in [6, 6.07) is 30.7. The van der Waals surface area contributed by atoms with Gasteiger partial charge in [-0.25, -0.2) is 8.42 Å². The zero-order valence-electron chi connectivity index (χ0n) is 23.6. The van der Waals surface area contributed by atoms with Crippen molar-refractivity contribution in [1.82, 2.24) is 10.2 Å². The minimum absolute atomic E-state index is 0.0120. The molecule has 0 fully saturated rings. The number of hydrogen-bond donors (Lipinski definition) is 1. The first-order valence-electron chi connectivity index (χ1n) is 13.7. The van der Waals surface area contributed by atoms with Gasteiger partial charge in [0.05, 0.1) is 10.6 Å². The molecule has 218 valence electrons. The van der Waals surface area contributed by atoms with Gasteiger partial charge in [-0.3, -0.25) is 13.9 Å². The van der Waals surface area contributed by atoms with Gasteiger partial charge in [-0.1, -0.05) is 103 Å². The quantitative estimate of drug-likeness (QED) is 0.232. The molecule has 4 aromatic carbocycles. The van der Waals surface area contributed by atoms with Crippen molar-refractivity contribution in [3.8, 4) is 0 Å². The molecule has 42 heavy (non-hydrogen) atoms. The number of carbonyl (C=O) groups excluding carboxylic acids is 2. The van der Waals surface area contributed by atoms with E-state index in [0.29, 0.717) is 22.7 Å².